The van der Waals surface area contributed by atoms with Gasteiger partial charge in [-0.15, -0.1) is 12.4 Å². The maximum atomic E-state index is 12.7. The highest BCUT2D eigenvalue weighted by Gasteiger charge is 2.50. The second kappa shape index (κ2) is 6.42. The molecule has 2 heterocycles. The largest absolute Gasteiger partial charge is 0.379 e. The van der Waals surface area contributed by atoms with Crippen molar-refractivity contribution in [3.63, 3.8) is 0 Å². The molecule has 19 heavy (non-hydrogen) atoms. The van der Waals surface area contributed by atoms with Gasteiger partial charge in [0.1, 0.15) is 0 Å². The molecule has 110 valence electrons. The Morgan fingerprint density at radius 1 is 1.26 bits per heavy atom. The van der Waals surface area contributed by atoms with Gasteiger partial charge in [-0.05, 0) is 38.1 Å². The van der Waals surface area contributed by atoms with Crippen LogP contribution in [0.4, 0.5) is 0 Å². The summed E-state index contributed by atoms with van der Waals surface area (Å²) in [7, 11) is 0. The first-order valence-corrected chi connectivity index (χ1v) is 7.41. The van der Waals surface area contributed by atoms with Gasteiger partial charge in [0, 0.05) is 13.2 Å². The summed E-state index contributed by atoms with van der Waals surface area (Å²) in [6.45, 7) is 3.44. The molecule has 0 bridgehead atoms. The van der Waals surface area contributed by atoms with Crippen LogP contribution in [0.25, 0.3) is 0 Å². The van der Waals surface area contributed by atoms with E-state index in [-0.39, 0.29) is 29.8 Å². The van der Waals surface area contributed by atoms with Crippen LogP contribution in [0, 0.1) is 11.3 Å². The highest BCUT2D eigenvalue weighted by atomic mass is 35.5. The minimum atomic E-state index is -0.115. The monoisotopic (exact) mass is 288 g/mol. The average Bonchev–Trinajstić information content (AvgIpc) is 2.85. The average molecular weight is 289 g/mol. The second-order valence-electron chi connectivity index (χ2n) is 6.12. The van der Waals surface area contributed by atoms with Crippen molar-refractivity contribution in [2.45, 2.75) is 44.6 Å². The molecular formula is C14H25ClN2O2. The lowest BCUT2D eigenvalue weighted by molar-refractivity contribution is -0.135. The molecular weight excluding hydrogens is 264 g/mol. The minimum absolute atomic E-state index is 0. The van der Waals surface area contributed by atoms with Crippen molar-refractivity contribution in [3.8, 4) is 0 Å². The molecule has 1 unspecified atom stereocenters. The number of hydrogen-bond acceptors (Lipinski definition) is 3. The topological polar surface area (TPSA) is 50.4 Å². The third-order valence-corrected chi connectivity index (χ3v) is 4.99. The molecule has 0 radical (unpaired) electrons. The van der Waals surface area contributed by atoms with Gasteiger partial charge in [0.15, 0.2) is 0 Å². The molecule has 1 saturated carbocycles. The minimum Gasteiger partial charge on any atom is -0.379 e. The molecule has 2 saturated heterocycles. The van der Waals surface area contributed by atoms with E-state index in [4.69, 9.17) is 4.74 Å². The fourth-order valence-electron chi connectivity index (χ4n) is 3.87. The van der Waals surface area contributed by atoms with Crippen molar-refractivity contribution in [3.05, 3.63) is 0 Å². The summed E-state index contributed by atoms with van der Waals surface area (Å²) >= 11 is 0. The Morgan fingerprint density at radius 3 is 2.95 bits per heavy atom. The molecule has 3 fully saturated rings. The van der Waals surface area contributed by atoms with Crippen molar-refractivity contribution < 1.29 is 9.53 Å². The summed E-state index contributed by atoms with van der Waals surface area (Å²) in [5, 5.41) is 6.68. The van der Waals surface area contributed by atoms with Crippen molar-refractivity contribution in [1.82, 2.24) is 10.6 Å². The molecule has 2 aliphatic heterocycles. The molecule has 3 rings (SSSR count). The van der Waals surface area contributed by atoms with Crippen molar-refractivity contribution in [1.29, 1.82) is 0 Å². The lowest BCUT2D eigenvalue weighted by Gasteiger charge is -2.38. The Balaban J connectivity index is 0.00000133. The van der Waals surface area contributed by atoms with Gasteiger partial charge in [0.25, 0.3) is 0 Å². The lowest BCUT2D eigenvalue weighted by Crippen LogP contribution is -2.52. The standard InChI is InChI=1S/C14H24N2O2.ClH/c17-13(16-12-5-3-7-18-9-12)14-6-2-1-4-11(14)8-15-10-14;/h11-12,15H,1-10H2,(H,16,17);1H/t11-,12?,14+;/m0./s1. The first-order valence-electron chi connectivity index (χ1n) is 7.41. The zero-order valence-electron chi connectivity index (χ0n) is 11.5. The van der Waals surface area contributed by atoms with Crippen LogP contribution in [-0.4, -0.2) is 38.3 Å². The fourth-order valence-corrected chi connectivity index (χ4v) is 3.87. The van der Waals surface area contributed by atoms with E-state index < -0.39 is 0 Å². The Morgan fingerprint density at radius 2 is 2.16 bits per heavy atom. The maximum Gasteiger partial charge on any atom is 0.228 e. The summed E-state index contributed by atoms with van der Waals surface area (Å²) < 4.78 is 5.45. The molecule has 3 atom stereocenters. The zero-order valence-corrected chi connectivity index (χ0v) is 12.3. The van der Waals surface area contributed by atoms with Gasteiger partial charge in [-0.25, -0.2) is 0 Å². The summed E-state index contributed by atoms with van der Waals surface area (Å²) in [5.41, 5.74) is -0.115. The van der Waals surface area contributed by atoms with Crippen LogP contribution >= 0.6 is 12.4 Å². The molecule has 0 aromatic carbocycles. The quantitative estimate of drug-likeness (QED) is 0.809. The van der Waals surface area contributed by atoms with E-state index in [0.717, 1.165) is 39.0 Å². The van der Waals surface area contributed by atoms with Gasteiger partial charge >= 0.3 is 0 Å². The third-order valence-electron chi connectivity index (χ3n) is 4.99. The molecule has 1 aliphatic carbocycles. The lowest BCUT2D eigenvalue weighted by atomic mass is 9.67. The summed E-state index contributed by atoms with van der Waals surface area (Å²) in [4.78, 5) is 12.7. The van der Waals surface area contributed by atoms with E-state index in [0.29, 0.717) is 12.5 Å². The molecule has 0 spiro atoms. The highest BCUT2D eigenvalue weighted by molar-refractivity contribution is 5.85. The molecule has 0 aromatic heterocycles. The molecule has 2 N–H and O–H groups in total. The number of fused-ring (bicyclic) bond motifs is 1. The highest BCUT2D eigenvalue weighted by Crippen LogP contribution is 2.44. The van der Waals surface area contributed by atoms with Crippen LogP contribution in [0.1, 0.15) is 38.5 Å². The Labute approximate surface area is 121 Å². The van der Waals surface area contributed by atoms with E-state index in [1.165, 1.54) is 19.3 Å². The summed E-state index contributed by atoms with van der Waals surface area (Å²) in [6, 6.07) is 0.240. The number of halogens is 1. The van der Waals surface area contributed by atoms with Gasteiger partial charge in [-0.3, -0.25) is 4.79 Å². The van der Waals surface area contributed by atoms with Crippen LogP contribution in [-0.2, 0) is 9.53 Å². The fraction of sp³-hybridized carbons (Fsp3) is 0.929. The summed E-state index contributed by atoms with van der Waals surface area (Å²) in [5.74, 6) is 0.837. The Bertz CT molecular complexity index is 321. The number of nitrogens with one attached hydrogen (secondary N) is 2. The van der Waals surface area contributed by atoms with E-state index in [1.807, 2.05) is 0 Å². The maximum absolute atomic E-state index is 12.7. The Kier molecular flexibility index (Phi) is 5.09. The molecule has 1 amide bonds. The van der Waals surface area contributed by atoms with E-state index >= 15 is 0 Å². The molecule has 4 nitrogen and oxygen atoms in total. The summed E-state index contributed by atoms with van der Waals surface area (Å²) in [6.07, 6.45) is 6.89. The van der Waals surface area contributed by atoms with E-state index in [2.05, 4.69) is 10.6 Å². The van der Waals surface area contributed by atoms with Gasteiger partial charge in [0.05, 0.1) is 18.1 Å². The van der Waals surface area contributed by atoms with Gasteiger partial charge in [-0.2, -0.15) is 0 Å². The molecule has 5 heteroatoms. The number of hydrogen-bond donors (Lipinski definition) is 2. The van der Waals surface area contributed by atoms with Crippen molar-refractivity contribution in [2.75, 3.05) is 26.3 Å². The van der Waals surface area contributed by atoms with Crippen LogP contribution < -0.4 is 10.6 Å². The van der Waals surface area contributed by atoms with Crippen molar-refractivity contribution >= 4 is 18.3 Å². The SMILES string of the molecule is Cl.O=C(NC1CCCOC1)[C@@]12CCCC[C@H]1CNC2. The molecule has 3 aliphatic rings. The second-order valence-corrected chi connectivity index (χ2v) is 6.12. The van der Waals surface area contributed by atoms with Gasteiger partial charge in [-0.1, -0.05) is 12.8 Å². The van der Waals surface area contributed by atoms with Crippen LogP contribution in [0.2, 0.25) is 0 Å². The normalized spacial score (nSPS) is 38.1. The predicted molar refractivity (Wildman–Crippen MR) is 76.5 cm³/mol. The van der Waals surface area contributed by atoms with Gasteiger partial charge < -0.3 is 15.4 Å². The van der Waals surface area contributed by atoms with Crippen LogP contribution in [0.3, 0.4) is 0 Å². The first-order chi connectivity index (χ1) is 8.81. The number of carbonyl (C=O) groups excluding carboxylic acids is 1. The number of amides is 1. The van der Waals surface area contributed by atoms with Crippen LogP contribution in [0.5, 0.6) is 0 Å². The van der Waals surface area contributed by atoms with E-state index in [9.17, 15) is 4.79 Å². The molecule has 0 aromatic rings. The predicted octanol–water partition coefficient (Wildman–Crippen LogP) is 1.48. The third kappa shape index (κ3) is 2.91. The number of rotatable bonds is 2. The van der Waals surface area contributed by atoms with Crippen molar-refractivity contribution in [2.24, 2.45) is 11.3 Å². The zero-order chi connectivity index (χ0) is 12.4. The van der Waals surface area contributed by atoms with E-state index in [1.54, 1.807) is 0 Å². The van der Waals surface area contributed by atoms with Gasteiger partial charge in [0.2, 0.25) is 5.91 Å². The Hall–Kier alpha value is -0.320. The first kappa shape index (κ1) is 15.1. The van der Waals surface area contributed by atoms with Crippen LogP contribution in [0.15, 0.2) is 0 Å². The number of carbonyl (C=O) groups is 1. The smallest absolute Gasteiger partial charge is 0.228 e. The number of ether oxygens (including phenoxy) is 1.